The minimum atomic E-state index is -0.590. The molecule has 4 unspecified atom stereocenters. The first-order chi connectivity index (χ1) is 11.9. The second-order valence-electron chi connectivity index (χ2n) is 6.03. The van der Waals surface area contributed by atoms with Crippen LogP contribution in [0.1, 0.15) is 47.0 Å². The molecule has 2 heterocycles. The van der Waals surface area contributed by atoms with Crippen LogP contribution in [0.2, 0.25) is 0 Å². The molecule has 2 aliphatic rings. The van der Waals surface area contributed by atoms with E-state index < -0.39 is 12.3 Å². The second kappa shape index (κ2) is 11.9. The molecule has 8 nitrogen and oxygen atoms in total. The van der Waals surface area contributed by atoms with E-state index >= 15 is 0 Å². The zero-order valence-electron chi connectivity index (χ0n) is 15.5. The summed E-state index contributed by atoms with van der Waals surface area (Å²) in [6.07, 6.45) is 1.57. The molecule has 0 aromatic heterocycles. The zero-order chi connectivity index (χ0) is 18.7. The predicted octanol–water partition coefficient (Wildman–Crippen LogP) is 3.06. The predicted molar refractivity (Wildman–Crippen MR) is 88.5 cm³/mol. The Balaban J connectivity index is 0.000000251. The fourth-order valence-electron chi connectivity index (χ4n) is 1.85. The Hall–Kier alpha value is -1.54. The van der Waals surface area contributed by atoms with Gasteiger partial charge in [0.25, 0.3) is 0 Å². The van der Waals surface area contributed by atoms with Gasteiger partial charge in [-0.25, -0.2) is 9.59 Å². The molecule has 2 rings (SSSR count). The number of cyclic esters (lactones) is 4. The number of ether oxygens (including phenoxy) is 6. The van der Waals surface area contributed by atoms with E-state index in [-0.39, 0.29) is 24.4 Å². The zero-order valence-corrected chi connectivity index (χ0v) is 15.5. The Labute approximate surface area is 149 Å². The van der Waals surface area contributed by atoms with Crippen LogP contribution in [0.3, 0.4) is 0 Å². The summed E-state index contributed by atoms with van der Waals surface area (Å²) in [4.78, 5) is 21.2. The van der Waals surface area contributed by atoms with Crippen LogP contribution >= 0.6 is 0 Å². The minimum absolute atomic E-state index is 0.129. The van der Waals surface area contributed by atoms with Gasteiger partial charge >= 0.3 is 12.3 Å². The summed E-state index contributed by atoms with van der Waals surface area (Å²) in [5.41, 5.74) is 0. The van der Waals surface area contributed by atoms with Crippen LogP contribution in [0, 0.1) is 0 Å². The van der Waals surface area contributed by atoms with E-state index in [0.717, 1.165) is 19.3 Å². The van der Waals surface area contributed by atoms with Gasteiger partial charge < -0.3 is 28.4 Å². The van der Waals surface area contributed by atoms with Gasteiger partial charge in [-0.05, 0) is 26.7 Å². The Morgan fingerprint density at radius 3 is 1.92 bits per heavy atom. The van der Waals surface area contributed by atoms with Gasteiger partial charge in [-0.1, -0.05) is 13.8 Å². The van der Waals surface area contributed by atoms with Gasteiger partial charge in [-0.2, -0.15) is 0 Å². The first kappa shape index (κ1) is 21.5. The lowest BCUT2D eigenvalue weighted by Gasteiger charge is -2.23. The van der Waals surface area contributed by atoms with E-state index in [1.807, 2.05) is 20.8 Å². The van der Waals surface area contributed by atoms with Gasteiger partial charge in [0.05, 0.1) is 32.0 Å². The molecular formula is C17H30O8. The highest BCUT2D eigenvalue weighted by molar-refractivity contribution is 5.61. The molecule has 2 aliphatic heterocycles. The maximum atomic E-state index is 10.7. The minimum Gasteiger partial charge on any atom is -0.434 e. The van der Waals surface area contributed by atoms with E-state index in [1.54, 1.807) is 0 Å². The highest BCUT2D eigenvalue weighted by atomic mass is 16.8. The summed E-state index contributed by atoms with van der Waals surface area (Å²) in [6.45, 7) is 9.74. The van der Waals surface area contributed by atoms with Gasteiger partial charge in [-0.3, -0.25) is 0 Å². The smallest absolute Gasteiger partial charge is 0.434 e. The highest BCUT2D eigenvalue weighted by Crippen LogP contribution is 2.10. The van der Waals surface area contributed by atoms with Crippen LogP contribution in [-0.2, 0) is 28.4 Å². The van der Waals surface area contributed by atoms with Gasteiger partial charge in [-0.15, -0.1) is 0 Å². The molecule has 0 aliphatic carbocycles. The lowest BCUT2D eigenvalue weighted by molar-refractivity contribution is -0.0682. The third-order valence-electron chi connectivity index (χ3n) is 3.86. The molecule has 0 N–H and O–H groups in total. The topological polar surface area (TPSA) is 89.5 Å². The third kappa shape index (κ3) is 9.50. The van der Waals surface area contributed by atoms with Crippen molar-refractivity contribution in [3.63, 3.8) is 0 Å². The maximum absolute atomic E-state index is 10.7. The van der Waals surface area contributed by atoms with Crippen molar-refractivity contribution in [1.29, 1.82) is 0 Å². The molecule has 4 atom stereocenters. The normalized spacial score (nSPS) is 24.8. The maximum Gasteiger partial charge on any atom is 0.508 e. The van der Waals surface area contributed by atoms with Crippen molar-refractivity contribution in [3.8, 4) is 0 Å². The largest absolute Gasteiger partial charge is 0.508 e. The van der Waals surface area contributed by atoms with Crippen LogP contribution in [0.15, 0.2) is 0 Å². The molecule has 0 aromatic rings. The summed E-state index contributed by atoms with van der Waals surface area (Å²) in [6, 6.07) is 0. The van der Waals surface area contributed by atoms with E-state index in [2.05, 4.69) is 16.4 Å². The van der Waals surface area contributed by atoms with Crippen molar-refractivity contribution < 1.29 is 38.0 Å². The van der Waals surface area contributed by atoms with E-state index in [4.69, 9.17) is 18.9 Å². The van der Waals surface area contributed by atoms with E-state index in [9.17, 15) is 9.59 Å². The molecule has 0 amide bonds. The van der Waals surface area contributed by atoms with Gasteiger partial charge in [0.1, 0.15) is 12.7 Å². The lowest BCUT2D eigenvalue weighted by Crippen LogP contribution is -2.32. The quantitative estimate of drug-likeness (QED) is 0.609. The number of rotatable bonds is 8. The third-order valence-corrected chi connectivity index (χ3v) is 3.86. The van der Waals surface area contributed by atoms with Crippen molar-refractivity contribution >= 4 is 12.3 Å². The Bertz CT molecular complexity index is 400. The molecule has 146 valence electrons. The molecule has 0 bridgehead atoms. The van der Waals surface area contributed by atoms with Crippen LogP contribution in [-0.4, -0.2) is 63.2 Å². The summed E-state index contributed by atoms with van der Waals surface area (Å²) in [5, 5.41) is 0. The number of hydrogen-bond donors (Lipinski definition) is 0. The fraction of sp³-hybridized carbons (Fsp3) is 0.882. The molecular weight excluding hydrogens is 332 g/mol. The standard InChI is InChI=1S/C9H16O4.C8H14O4/c1-3-7(2)12-6-8-4-5-11-9(10)13-8;1-3-6(2)10-4-7-5-11-8(9)12-7/h7-8H,3-6H2,1-2H3;6-7H,3-5H2,1-2H3. The number of carbonyl (C=O) groups is 2. The first-order valence-corrected chi connectivity index (χ1v) is 8.84. The molecule has 0 aromatic carbocycles. The van der Waals surface area contributed by atoms with Crippen molar-refractivity contribution in [3.05, 3.63) is 0 Å². The van der Waals surface area contributed by atoms with Gasteiger partial charge in [0, 0.05) is 6.42 Å². The van der Waals surface area contributed by atoms with Crippen molar-refractivity contribution in [2.45, 2.75) is 71.4 Å². The van der Waals surface area contributed by atoms with E-state index in [0.29, 0.717) is 26.4 Å². The van der Waals surface area contributed by atoms with Crippen molar-refractivity contribution in [1.82, 2.24) is 0 Å². The van der Waals surface area contributed by atoms with Gasteiger partial charge in [0.15, 0.2) is 6.10 Å². The monoisotopic (exact) mass is 362 g/mol. The van der Waals surface area contributed by atoms with Crippen LogP contribution in [0.5, 0.6) is 0 Å². The van der Waals surface area contributed by atoms with Crippen molar-refractivity contribution in [2.24, 2.45) is 0 Å². The molecule has 2 saturated heterocycles. The molecule has 8 heteroatoms. The average Bonchev–Trinajstić information content (AvgIpc) is 3.03. The Morgan fingerprint density at radius 1 is 0.920 bits per heavy atom. The summed E-state index contributed by atoms with van der Waals surface area (Å²) in [5.74, 6) is 0. The Kier molecular flexibility index (Phi) is 10.3. The average molecular weight is 362 g/mol. The van der Waals surface area contributed by atoms with Gasteiger partial charge in [0.2, 0.25) is 0 Å². The Morgan fingerprint density at radius 2 is 1.44 bits per heavy atom. The fourth-order valence-corrected chi connectivity index (χ4v) is 1.85. The molecule has 2 fully saturated rings. The summed E-state index contributed by atoms with van der Waals surface area (Å²) < 4.78 is 29.7. The summed E-state index contributed by atoms with van der Waals surface area (Å²) in [7, 11) is 0. The number of hydrogen-bond acceptors (Lipinski definition) is 8. The SMILES string of the molecule is CCC(C)OCC1CCOC(=O)O1.CCC(C)OCC1COC(=O)O1. The second-order valence-corrected chi connectivity index (χ2v) is 6.03. The highest BCUT2D eigenvalue weighted by Gasteiger charge is 2.25. The molecule has 25 heavy (non-hydrogen) atoms. The molecule has 0 spiro atoms. The van der Waals surface area contributed by atoms with Crippen LogP contribution in [0.4, 0.5) is 9.59 Å². The lowest BCUT2D eigenvalue weighted by atomic mass is 10.2. The van der Waals surface area contributed by atoms with Crippen molar-refractivity contribution in [2.75, 3.05) is 26.4 Å². The number of carbonyl (C=O) groups excluding carboxylic acids is 2. The molecule has 0 radical (unpaired) electrons. The molecule has 0 saturated carbocycles. The van der Waals surface area contributed by atoms with Crippen LogP contribution in [0.25, 0.3) is 0 Å². The van der Waals surface area contributed by atoms with E-state index in [1.165, 1.54) is 0 Å². The first-order valence-electron chi connectivity index (χ1n) is 8.84. The summed E-state index contributed by atoms with van der Waals surface area (Å²) >= 11 is 0. The van der Waals surface area contributed by atoms with Crippen LogP contribution < -0.4 is 0 Å².